The molecule has 0 aliphatic carbocycles. The zero-order chi connectivity index (χ0) is 20.5. The van der Waals surface area contributed by atoms with Crippen molar-refractivity contribution in [2.45, 2.75) is 26.3 Å². The van der Waals surface area contributed by atoms with Crippen LogP contribution in [-0.2, 0) is 0 Å². The van der Waals surface area contributed by atoms with Gasteiger partial charge in [-0.25, -0.2) is 9.38 Å². The van der Waals surface area contributed by atoms with Crippen LogP contribution in [0.5, 0.6) is 0 Å². The monoisotopic (exact) mass is 421 g/mol. The predicted molar refractivity (Wildman–Crippen MR) is 111 cm³/mol. The molecule has 1 heterocycles. The van der Waals surface area contributed by atoms with Crippen molar-refractivity contribution in [2.75, 3.05) is 5.32 Å². The van der Waals surface area contributed by atoms with Gasteiger partial charge in [-0.2, -0.15) is 5.10 Å². The molecule has 2 aromatic carbocycles. The van der Waals surface area contributed by atoms with Crippen molar-refractivity contribution >= 4 is 51.8 Å². The van der Waals surface area contributed by atoms with Crippen LogP contribution in [0.2, 0.25) is 10.0 Å². The number of rotatable bonds is 2. The van der Waals surface area contributed by atoms with Crippen molar-refractivity contribution in [1.82, 2.24) is 15.5 Å². The van der Waals surface area contributed by atoms with Crippen molar-refractivity contribution in [3.05, 3.63) is 57.8 Å². The Balaban J connectivity index is 1.92. The molecule has 6 nitrogen and oxygen atoms in total. The third-order valence-corrected chi connectivity index (χ3v) is 4.13. The summed E-state index contributed by atoms with van der Waals surface area (Å²) >= 11 is 11.8. The van der Waals surface area contributed by atoms with Gasteiger partial charge in [0, 0.05) is 16.0 Å². The van der Waals surface area contributed by atoms with E-state index in [2.05, 4.69) is 25.8 Å². The Bertz CT molecular complexity index is 1070. The Labute approximate surface area is 171 Å². The summed E-state index contributed by atoms with van der Waals surface area (Å²) in [6.07, 6.45) is 0. The lowest BCUT2D eigenvalue weighted by Gasteiger charge is -2.17. The summed E-state index contributed by atoms with van der Waals surface area (Å²) in [4.78, 5) is 17.1. The fourth-order valence-electron chi connectivity index (χ4n) is 2.45. The lowest BCUT2D eigenvalue weighted by Crippen LogP contribution is -2.38. The maximum absolute atomic E-state index is 13.9. The van der Waals surface area contributed by atoms with Crippen molar-refractivity contribution < 1.29 is 9.18 Å². The number of aromatic nitrogens is 2. The average molecular weight is 422 g/mol. The highest BCUT2D eigenvalue weighted by molar-refractivity contribution is 6.31. The van der Waals surface area contributed by atoms with Crippen LogP contribution in [-0.4, -0.2) is 27.6 Å². The molecule has 146 valence electrons. The maximum atomic E-state index is 13.9. The number of nitrogens with zero attached hydrogens (tertiary/aromatic N) is 2. The van der Waals surface area contributed by atoms with Gasteiger partial charge in [0.15, 0.2) is 5.82 Å². The van der Waals surface area contributed by atoms with Gasteiger partial charge < -0.3 is 5.32 Å². The fourth-order valence-corrected chi connectivity index (χ4v) is 2.80. The standard InChI is InChI=1S/C19H18Cl2FN5O/c1-19(2,3)25-18(24-17(28)10-5-4-6-11(20)7-10)23-16-12-8-14(22)13(21)9-15(12)26-27-16/h4-9H,1-3H3,(H3,23,24,25,26,27,28). The summed E-state index contributed by atoms with van der Waals surface area (Å²) in [7, 11) is 0. The van der Waals surface area contributed by atoms with Crippen LogP contribution in [0.15, 0.2) is 41.4 Å². The summed E-state index contributed by atoms with van der Waals surface area (Å²) in [5.41, 5.74) is 0.427. The van der Waals surface area contributed by atoms with Crippen LogP contribution in [0, 0.1) is 5.82 Å². The van der Waals surface area contributed by atoms with Crippen molar-refractivity contribution in [1.29, 1.82) is 0 Å². The number of amides is 1. The largest absolute Gasteiger partial charge is 0.309 e. The molecule has 0 radical (unpaired) electrons. The summed E-state index contributed by atoms with van der Waals surface area (Å²) in [6, 6.07) is 9.24. The molecule has 0 spiro atoms. The minimum absolute atomic E-state index is 0.0134. The topological polar surface area (TPSA) is 82.2 Å². The second-order valence-corrected chi connectivity index (χ2v) is 7.95. The van der Waals surface area contributed by atoms with Crippen LogP contribution < -0.4 is 10.6 Å². The van der Waals surface area contributed by atoms with Crippen LogP contribution >= 0.6 is 23.2 Å². The van der Waals surface area contributed by atoms with Crippen LogP contribution in [0.3, 0.4) is 0 Å². The zero-order valence-electron chi connectivity index (χ0n) is 15.4. The molecule has 0 bridgehead atoms. The number of aromatic amines is 1. The van der Waals surface area contributed by atoms with Gasteiger partial charge in [-0.1, -0.05) is 29.3 Å². The molecule has 28 heavy (non-hydrogen) atoms. The first-order valence-electron chi connectivity index (χ1n) is 8.39. The molecular weight excluding hydrogens is 404 g/mol. The normalized spacial score (nSPS) is 12.3. The lowest BCUT2D eigenvalue weighted by atomic mass is 10.1. The molecule has 0 aliphatic heterocycles. The number of nitrogens with one attached hydrogen (secondary N) is 3. The average Bonchev–Trinajstić information content (AvgIpc) is 2.95. The van der Waals surface area contributed by atoms with E-state index in [9.17, 15) is 9.18 Å². The molecule has 0 saturated heterocycles. The molecule has 1 amide bonds. The van der Waals surface area contributed by atoms with Gasteiger partial charge in [0.25, 0.3) is 5.91 Å². The summed E-state index contributed by atoms with van der Waals surface area (Å²) < 4.78 is 13.9. The fraction of sp³-hybridized carbons (Fsp3) is 0.211. The Kier molecular flexibility index (Phi) is 5.58. The molecule has 1 aromatic heterocycles. The van der Waals surface area contributed by atoms with Crippen LogP contribution in [0.4, 0.5) is 10.2 Å². The van der Waals surface area contributed by atoms with Crippen LogP contribution in [0.1, 0.15) is 31.1 Å². The number of anilines is 1. The molecular formula is C19H18Cl2FN5O. The van der Waals surface area contributed by atoms with Gasteiger partial charge in [-0.05, 0) is 51.1 Å². The lowest BCUT2D eigenvalue weighted by molar-refractivity contribution is 0.0977. The molecule has 3 rings (SSSR count). The first-order chi connectivity index (χ1) is 13.1. The first-order valence-corrected chi connectivity index (χ1v) is 9.15. The Morgan fingerprint density at radius 2 is 1.96 bits per heavy atom. The SMILES string of the molecule is CC(C)(C)N=C(NC(=O)c1cccc(Cl)c1)Nc1n[nH]c2cc(Cl)c(F)cc12. The second kappa shape index (κ2) is 7.77. The zero-order valence-corrected chi connectivity index (χ0v) is 16.9. The van der Waals surface area contributed by atoms with E-state index in [1.54, 1.807) is 24.3 Å². The number of H-pyrrole nitrogens is 1. The molecule has 0 unspecified atom stereocenters. The van der Waals surface area contributed by atoms with Crippen molar-refractivity contribution in [3.8, 4) is 0 Å². The summed E-state index contributed by atoms with van der Waals surface area (Å²) in [5.74, 6) is -0.496. The Morgan fingerprint density at radius 3 is 2.64 bits per heavy atom. The number of carbonyl (C=O) groups excluding carboxylic acids is 1. The Morgan fingerprint density at radius 1 is 1.21 bits per heavy atom. The number of fused-ring (bicyclic) bond motifs is 1. The third kappa shape index (κ3) is 4.79. The third-order valence-electron chi connectivity index (χ3n) is 3.61. The summed E-state index contributed by atoms with van der Waals surface area (Å²) in [5, 5.41) is 13.5. The number of hydrogen-bond donors (Lipinski definition) is 3. The van der Waals surface area contributed by atoms with Gasteiger partial charge in [0.1, 0.15) is 5.82 Å². The highest BCUT2D eigenvalue weighted by Gasteiger charge is 2.17. The molecule has 3 N–H and O–H groups in total. The smallest absolute Gasteiger partial charge is 0.258 e. The van der Waals surface area contributed by atoms with Gasteiger partial charge in [0.05, 0.1) is 16.1 Å². The molecule has 9 heteroatoms. The highest BCUT2D eigenvalue weighted by Crippen LogP contribution is 2.26. The van der Waals surface area contributed by atoms with Gasteiger partial charge in [-0.3, -0.25) is 15.2 Å². The van der Waals surface area contributed by atoms with E-state index in [0.717, 1.165) is 0 Å². The second-order valence-electron chi connectivity index (χ2n) is 7.10. The highest BCUT2D eigenvalue weighted by atomic mass is 35.5. The number of halogens is 3. The number of carbonyl (C=O) groups is 1. The van der Waals surface area contributed by atoms with E-state index in [1.165, 1.54) is 12.1 Å². The Hall–Kier alpha value is -2.64. The van der Waals surface area contributed by atoms with E-state index in [-0.39, 0.29) is 11.0 Å². The number of aliphatic imine (C=N–C) groups is 1. The van der Waals surface area contributed by atoms with Gasteiger partial charge in [0.2, 0.25) is 5.96 Å². The van der Waals surface area contributed by atoms with Crippen LogP contribution in [0.25, 0.3) is 10.9 Å². The van der Waals surface area contributed by atoms with Gasteiger partial charge in [-0.15, -0.1) is 0 Å². The minimum Gasteiger partial charge on any atom is -0.309 e. The van der Waals surface area contributed by atoms with Crippen molar-refractivity contribution in [2.24, 2.45) is 4.99 Å². The maximum Gasteiger partial charge on any atom is 0.258 e. The number of hydrogen-bond acceptors (Lipinski definition) is 3. The van der Waals surface area contributed by atoms with E-state index in [4.69, 9.17) is 23.2 Å². The van der Waals surface area contributed by atoms with E-state index < -0.39 is 17.3 Å². The van der Waals surface area contributed by atoms with Gasteiger partial charge >= 0.3 is 0 Å². The van der Waals surface area contributed by atoms with Crippen molar-refractivity contribution in [3.63, 3.8) is 0 Å². The van der Waals surface area contributed by atoms with E-state index in [0.29, 0.717) is 27.3 Å². The van der Waals surface area contributed by atoms with E-state index in [1.807, 2.05) is 20.8 Å². The molecule has 0 atom stereocenters. The summed E-state index contributed by atoms with van der Waals surface area (Å²) in [6.45, 7) is 5.63. The molecule has 3 aromatic rings. The minimum atomic E-state index is -0.573. The predicted octanol–water partition coefficient (Wildman–Crippen LogP) is 5.01. The first kappa shape index (κ1) is 20.1. The molecule has 0 aliphatic rings. The number of guanidine groups is 1. The number of benzene rings is 2. The quantitative estimate of drug-likeness (QED) is 0.401. The van der Waals surface area contributed by atoms with E-state index >= 15 is 0 Å². The molecule has 0 saturated carbocycles. The molecule has 0 fully saturated rings.